The van der Waals surface area contributed by atoms with Gasteiger partial charge < -0.3 is 5.11 Å². The second-order valence-electron chi connectivity index (χ2n) is 6.53. The summed E-state index contributed by atoms with van der Waals surface area (Å²) in [5.41, 5.74) is 1.15. The maximum absolute atomic E-state index is 11.8. The van der Waals surface area contributed by atoms with Gasteiger partial charge in [-0.25, -0.2) is 0 Å². The largest absolute Gasteiger partial charge is 0.389 e. The molecule has 2 aliphatic rings. The van der Waals surface area contributed by atoms with Crippen molar-refractivity contribution in [2.24, 2.45) is 11.8 Å². The Morgan fingerprint density at radius 2 is 2.05 bits per heavy atom. The van der Waals surface area contributed by atoms with E-state index in [9.17, 15) is 9.90 Å². The van der Waals surface area contributed by atoms with E-state index in [-0.39, 0.29) is 11.8 Å². The van der Waals surface area contributed by atoms with Gasteiger partial charge in [0.25, 0.3) is 0 Å². The number of rotatable bonds is 2. The number of ketones is 1. The van der Waals surface area contributed by atoms with Crippen LogP contribution in [0, 0.1) is 11.8 Å². The van der Waals surface area contributed by atoms with Gasteiger partial charge in [0.1, 0.15) is 5.78 Å². The van der Waals surface area contributed by atoms with Crippen LogP contribution in [0.2, 0.25) is 0 Å². The van der Waals surface area contributed by atoms with Crippen molar-refractivity contribution in [1.29, 1.82) is 0 Å². The normalized spacial score (nSPS) is 31.8. The van der Waals surface area contributed by atoms with Gasteiger partial charge >= 0.3 is 0 Å². The Morgan fingerprint density at radius 3 is 2.95 bits per heavy atom. The summed E-state index contributed by atoms with van der Waals surface area (Å²) in [5.74, 6) is 0.580. The van der Waals surface area contributed by atoms with Crippen molar-refractivity contribution in [3.8, 4) is 0 Å². The summed E-state index contributed by atoms with van der Waals surface area (Å²) >= 11 is 0. The average molecular weight is 281 g/mol. The summed E-state index contributed by atoms with van der Waals surface area (Å²) in [6.07, 6.45) is 3.61. The average Bonchev–Trinajstić information content (AvgIpc) is 3.01. The van der Waals surface area contributed by atoms with Crippen LogP contribution >= 0.6 is 0 Å². The fourth-order valence-corrected chi connectivity index (χ4v) is 4.24. The lowest BCUT2D eigenvalue weighted by Crippen LogP contribution is -2.36. The molecular weight excluding hydrogens is 262 g/mol. The van der Waals surface area contributed by atoms with Crippen LogP contribution < -0.4 is 0 Å². The Hall–Kier alpha value is -1.74. The summed E-state index contributed by atoms with van der Waals surface area (Å²) in [4.78, 5) is 16.5. The zero-order valence-corrected chi connectivity index (χ0v) is 12.0. The van der Waals surface area contributed by atoms with Gasteiger partial charge in [-0.3, -0.25) is 9.78 Å². The molecule has 0 unspecified atom stereocenters. The Labute approximate surface area is 124 Å². The number of Topliss-reactive ketones (excluding diaryl/α,β-unsaturated/α-hetero) is 1. The third-order valence-electron chi connectivity index (χ3n) is 5.32. The molecule has 0 saturated heterocycles. The number of fused-ring (bicyclic) bond motifs is 2. The SMILES string of the molecule is O=C1CC[C@H]2[C@@H]1CC[C@]2(O)Cc1ccc2ccccc2n1. The molecule has 0 radical (unpaired) electrons. The summed E-state index contributed by atoms with van der Waals surface area (Å²) in [6.45, 7) is 0. The Balaban J connectivity index is 1.63. The molecule has 1 aromatic heterocycles. The number of carbonyl (C=O) groups excluding carboxylic acids is 1. The van der Waals surface area contributed by atoms with Crippen LogP contribution in [0.1, 0.15) is 31.4 Å². The predicted molar refractivity (Wildman–Crippen MR) is 80.9 cm³/mol. The molecule has 0 bridgehead atoms. The minimum atomic E-state index is -0.744. The second-order valence-corrected chi connectivity index (χ2v) is 6.53. The number of pyridine rings is 1. The quantitative estimate of drug-likeness (QED) is 0.921. The van der Waals surface area contributed by atoms with Crippen LogP contribution in [0.5, 0.6) is 0 Å². The molecule has 0 amide bonds. The zero-order valence-electron chi connectivity index (χ0n) is 12.0. The highest BCUT2D eigenvalue weighted by Crippen LogP contribution is 2.49. The highest BCUT2D eigenvalue weighted by atomic mass is 16.3. The van der Waals surface area contributed by atoms with E-state index in [1.54, 1.807) is 0 Å². The van der Waals surface area contributed by atoms with E-state index >= 15 is 0 Å². The van der Waals surface area contributed by atoms with Gasteiger partial charge in [0.05, 0.1) is 11.1 Å². The molecule has 2 fully saturated rings. The molecule has 4 rings (SSSR count). The highest BCUT2D eigenvalue weighted by Gasteiger charge is 2.52. The maximum atomic E-state index is 11.8. The van der Waals surface area contributed by atoms with Crippen LogP contribution in [0.25, 0.3) is 10.9 Å². The van der Waals surface area contributed by atoms with Crippen LogP contribution in [0.15, 0.2) is 36.4 Å². The Kier molecular flexibility index (Phi) is 2.86. The molecule has 1 aromatic carbocycles. The smallest absolute Gasteiger partial charge is 0.136 e. The zero-order chi connectivity index (χ0) is 14.4. The number of hydrogen-bond acceptors (Lipinski definition) is 3. The molecule has 3 nitrogen and oxygen atoms in total. The number of para-hydroxylation sites is 1. The topological polar surface area (TPSA) is 50.2 Å². The van der Waals surface area contributed by atoms with Gasteiger partial charge in [-0.15, -0.1) is 0 Å². The van der Waals surface area contributed by atoms with E-state index in [0.717, 1.165) is 35.9 Å². The molecule has 3 atom stereocenters. The summed E-state index contributed by atoms with van der Waals surface area (Å²) < 4.78 is 0. The van der Waals surface area contributed by atoms with E-state index in [1.807, 2.05) is 30.3 Å². The minimum Gasteiger partial charge on any atom is -0.389 e. The number of carbonyl (C=O) groups is 1. The maximum Gasteiger partial charge on any atom is 0.136 e. The molecule has 0 aliphatic heterocycles. The van der Waals surface area contributed by atoms with Gasteiger partial charge in [-0.2, -0.15) is 0 Å². The molecular formula is C18H19NO2. The van der Waals surface area contributed by atoms with Crippen LogP contribution in [-0.2, 0) is 11.2 Å². The first-order valence-corrected chi connectivity index (χ1v) is 7.75. The highest BCUT2D eigenvalue weighted by molar-refractivity contribution is 5.84. The van der Waals surface area contributed by atoms with Gasteiger partial charge in [-0.05, 0) is 37.3 Å². The number of benzene rings is 1. The van der Waals surface area contributed by atoms with Crippen molar-refractivity contribution < 1.29 is 9.90 Å². The van der Waals surface area contributed by atoms with Crippen LogP contribution in [0.4, 0.5) is 0 Å². The van der Waals surface area contributed by atoms with E-state index < -0.39 is 5.60 Å². The van der Waals surface area contributed by atoms with Crippen molar-refractivity contribution in [3.05, 3.63) is 42.1 Å². The number of nitrogens with zero attached hydrogens (tertiary/aromatic N) is 1. The fourth-order valence-electron chi connectivity index (χ4n) is 4.24. The van der Waals surface area contributed by atoms with Crippen molar-refractivity contribution in [2.75, 3.05) is 0 Å². The van der Waals surface area contributed by atoms with Gasteiger partial charge in [0.2, 0.25) is 0 Å². The summed E-state index contributed by atoms with van der Waals surface area (Å²) in [7, 11) is 0. The first-order chi connectivity index (χ1) is 10.2. The standard InChI is InChI=1S/C18H19NO2/c20-17-8-7-15-14(17)9-10-18(15,21)11-13-6-5-12-3-1-2-4-16(12)19-13/h1-6,14-15,21H,7-11H2/t14-,15-,18-/m0/s1. The third-order valence-corrected chi connectivity index (χ3v) is 5.32. The Bertz CT molecular complexity index is 711. The summed E-state index contributed by atoms with van der Waals surface area (Å²) in [5, 5.41) is 12.1. The third kappa shape index (κ3) is 2.07. The monoisotopic (exact) mass is 281 g/mol. The molecule has 0 spiro atoms. The molecule has 1 N–H and O–H groups in total. The van der Waals surface area contributed by atoms with Crippen molar-refractivity contribution in [1.82, 2.24) is 4.98 Å². The Morgan fingerprint density at radius 1 is 1.19 bits per heavy atom. The van der Waals surface area contributed by atoms with Crippen molar-refractivity contribution in [2.45, 2.75) is 37.7 Å². The molecule has 2 aliphatic carbocycles. The minimum absolute atomic E-state index is 0.0930. The van der Waals surface area contributed by atoms with Crippen LogP contribution in [-0.4, -0.2) is 21.5 Å². The van der Waals surface area contributed by atoms with Gasteiger partial charge in [-0.1, -0.05) is 24.3 Å². The number of aromatic nitrogens is 1. The predicted octanol–water partition coefficient (Wildman–Crippen LogP) is 2.90. The van der Waals surface area contributed by atoms with Crippen LogP contribution in [0.3, 0.4) is 0 Å². The lowest BCUT2D eigenvalue weighted by molar-refractivity contribution is -0.121. The lowest BCUT2D eigenvalue weighted by Gasteiger charge is -2.29. The first-order valence-electron chi connectivity index (χ1n) is 7.75. The number of aliphatic hydroxyl groups is 1. The number of hydrogen-bond donors (Lipinski definition) is 1. The van der Waals surface area contributed by atoms with Gasteiger partial charge in [0, 0.05) is 29.8 Å². The lowest BCUT2D eigenvalue weighted by atomic mass is 9.84. The van der Waals surface area contributed by atoms with E-state index in [4.69, 9.17) is 0 Å². The van der Waals surface area contributed by atoms with Crippen molar-refractivity contribution in [3.63, 3.8) is 0 Å². The second kappa shape index (κ2) is 4.63. The summed E-state index contributed by atoms with van der Waals surface area (Å²) in [6, 6.07) is 12.1. The molecule has 2 aromatic rings. The fraction of sp³-hybridized carbons (Fsp3) is 0.444. The van der Waals surface area contributed by atoms with E-state index in [0.29, 0.717) is 18.6 Å². The molecule has 2 saturated carbocycles. The molecule has 108 valence electrons. The molecule has 3 heteroatoms. The molecule has 1 heterocycles. The van der Waals surface area contributed by atoms with E-state index in [2.05, 4.69) is 11.1 Å². The first kappa shape index (κ1) is 13.0. The van der Waals surface area contributed by atoms with Gasteiger partial charge in [0.15, 0.2) is 0 Å². The van der Waals surface area contributed by atoms with E-state index in [1.165, 1.54) is 0 Å². The molecule has 21 heavy (non-hydrogen) atoms. The van der Waals surface area contributed by atoms with Crippen molar-refractivity contribution >= 4 is 16.7 Å².